The third kappa shape index (κ3) is 3.03. The van der Waals surface area contributed by atoms with Crippen LogP contribution < -0.4 is 11.5 Å². The van der Waals surface area contributed by atoms with Crippen LogP contribution >= 0.6 is 0 Å². The minimum absolute atomic E-state index is 0.429. The van der Waals surface area contributed by atoms with E-state index in [0.717, 1.165) is 24.0 Å². The Morgan fingerprint density at radius 2 is 1.90 bits per heavy atom. The molecule has 2 aromatic carbocycles. The molecule has 0 saturated heterocycles. The Labute approximate surface area is 124 Å². The van der Waals surface area contributed by atoms with Crippen molar-refractivity contribution in [2.24, 2.45) is 16.5 Å². The Morgan fingerprint density at radius 1 is 1.10 bits per heavy atom. The van der Waals surface area contributed by atoms with Crippen LogP contribution in [0.15, 0.2) is 71.3 Å². The topological polar surface area (TPSA) is 64.4 Å². The molecule has 1 unspecified atom stereocenters. The van der Waals surface area contributed by atoms with Crippen LogP contribution in [0.5, 0.6) is 0 Å². The molecule has 0 aromatic heterocycles. The highest BCUT2D eigenvalue weighted by Gasteiger charge is 2.09. The maximum absolute atomic E-state index is 6.18. The fraction of sp³-hybridized carbons (Fsp3) is 0.167. The summed E-state index contributed by atoms with van der Waals surface area (Å²) in [7, 11) is 0. The number of nitrogens with two attached hydrogens (primary N) is 2. The normalized spacial score (nSPS) is 16.8. The molecular weight excluding hydrogens is 258 g/mol. The second-order valence-electron chi connectivity index (χ2n) is 5.22. The molecule has 2 aromatic rings. The standard InChI is InChI=1S/C18H19N3/c19-17(14-7-2-1-3-8-14)21-18(20)16-11-10-13-6-4-5-9-15(13)12-16/h1-2,4-7,9-12,18H,3,8,20H2,(H2,19,21). The predicted octanol–water partition coefficient (Wildman–Crippen LogP) is 3.43. The highest BCUT2D eigenvalue weighted by molar-refractivity contribution is 5.97. The van der Waals surface area contributed by atoms with Crippen LogP contribution in [0.3, 0.4) is 0 Å². The zero-order chi connectivity index (χ0) is 14.7. The third-order valence-corrected chi connectivity index (χ3v) is 3.74. The average Bonchev–Trinajstić information content (AvgIpc) is 2.55. The van der Waals surface area contributed by atoms with Gasteiger partial charge in [-0.1, -0.05) is 54.6 Å². The van der Waals surface area contributed by atoms with Gasteiger partial charge in [-0.25, -0.2) is 4.99 Å². The minimum Gasteiger partial charge on any atom is -0.384 e. The quantitative estimate of drug-likeness (QED) is 0.667. The van der Waals surface area contributed by atoms with Crippen molar-refractivity contribution < 1.29 is 0 Å². The zero-order valence-electron chi connectivity index (χ0n) is 11.9. The maximum atomic E-state index is 6.18. The first-order valence-electron chi connectivity index (χ1n) is 7.18. The summed E-state index contributed by atoms with van der Waals surface area (Å²) in [6.07, 6.45) is 7.66. The molecule has 1 aliphatic carbocycles. The first kappa shape index (κ1) is 13.6. The van der Waals surface area contributed by atoms with Gasteiger partial charge in [-0.05, 0) is 40.8 Å². The van der Waals surface area contributed by atoms with Gasteiger partial charge in [-0.3, -0.25) is 0 Å². The van der Waals surface area contributed by atoms with E-state index >= 15 is 0 Å². The number of nitrogens with zero attached hydrogens (tertiary/aromatic N) is 1. The summed E-state index contributed by atoms with van der Waals surface area (Å²) in [5.41, 5.74) is 14.3. The van der Waals surface area contributed by atoms with Gasteiger partial charge in [0.05, 0.1) is 0 Å². The lowest BCUT2D eigenvalue weighted by molar-refractivity contribution is 0.774. The molecular formula is C18H19N3. The van der Waals surface area contributed by atoms with Crippen molar-refractivity contribution in [3.63, 3.8) is 0 Å². The van der Waals surface area contributed by atoms with Crippen molar-refractivity contribution in [2.45, 2.75) is 19.0 Å². The zero-order valence-corrected chi connectivity index (χ0v) is 11.9. The van der Waals surface area contributed by atoms with Crippen molar-refractivity contribution >= 4 is 16.6 Å². The number of fused-ring (bicyclic) bond motifs is 1. The van der Waals surface area contributed by atoms with Gasteiger partial charge >= 0.3 is 0 Å². The molecule has 0 aliphatic heterocycles. The van der Waals surface area contributed by atoms with Crippen molar-refractivity contribution in [3.8, 4) is 0 Å². The van der Waals surface area contributed by atoms with Crippen molar-refractivity contribution in [1.82, 2.24) is 0 Å². The van der Waals surface area contributed by atoms with Gasteiger partial charge in [0.2, 0.25) is 0 Å². The van der Waals surface area contributed by atoms with Crippen molar-refractivity contribution in [2.75, 3.05) is 0 Å². The Morgan fingerprint density at radius 3 is 2.67 bits per heavy atom. The van der Waals surface area contributed by atoms with Gasteiger partial charge in [-0.2, -0.15) is 0 Å². The van der Waals surface area contributed by atoms with Gasteiger partial charge in [0, 0.05) is 0 Å². The number of aliphatic imine (C=N–C) groups is 1. The molecule has 0 saturated carbocycles. The molecule has 106 valence electrons. The minimum atomic E-state index is -0.429. The number of allylic oxidation sites excluding steroid dienone is 3. The summed E-state index contributed by atoms with van der Waals surface area (Å²) in [6.45, 7) is 0. The Hall–Kier alpha value is -2.39. The van der Waals surface area contributed by atoms with Crippen LogP contribution in [0.25, 0.3) is 10.8 Å². The molecule has 4 N–H and O–H groups in total. The molecule has 0 radical (unpaired) electrons. The van der Waals surface area contributed by atoms with E-state index in [2.05, 4.69) is 35.3 Å². The number of benzene rings is 2. The number of hydrogen-bond acceptors (Lipinski definition) is 2. The van der Waals surface area contributed by atoms with E-state index in [1.807, 2.05) is 30.4 Å². The van der Waals surface area contributed by atoms with Crippen LogP contribution in [0.1, 0.15) is 24.6 Å². The maximum Gasteiger partial charge on any atom is 0.125 e. The van der Waals surface area contributed by atoms with E-state index in [0.29, 0.717) is 5.84 Å². The van der Waals surface area contributed by atoms with Crippen LogP contribution in [0.4, 0.5) is 0 Å². The van der Waals surface area contributed by atoms with Gasteiger partial charge in [0.25, 0.3) is 0 Å². The Balaban J connectivity index is 1.87. The predicted molar refractivity (Wildman–Crippen MR) is 89.0 cm³/mol. The molecule has 21 heavy (non-hydrogen) atoms. The van der Waals surface area contributed by atoms with E-state index in [-0.39, 0.29) is 0 Å². The van der Waals surface area contributed by atoms with Gasteiger partial charge in [0.1, 0.15) is 12.0 Å². The van der Waals surface area contributed by atoms with E-state index in [4.69, 9.17) is 11.5 Å². The Bertz CT molecular complexity index is 741. The first-order chi connectivity index (χ1) is 10.2. The van der Waals surface area contributed by atoms with E-state index in [1.54, 1.807) is 0 Å². The molecule has 0 heterocycles. The fourth-order valence-corrected chi connectivity index (χ4v) is 2.52. The molecule has 1 atom stereocenters. The molecule has 0 spiro atoms. The third-order valence-electron chi connectivity index (χ3n) is 3.74. The van der Waals surface area contributed by atoms with Gasteiger partial charge < -0.3 is 11.5 Å². The monoisotopic (exact) mass is 277 g/mol. The second-order valence-corrected chi connectivity index (χ2v) is 5.22. The molecule has 3 heteroatoms. The summed E-state index contributed by atoms with van der Waals surface area (Å²) >= 11 is 0. The summed E-state index contributed by atoms with van der Waals surface area (Å²) in [4.78, 5) is 4.45. The largest absolute Gasteiger partial charge is 0.384 e. The van der Waals surface area contributed by atoms with Gasteiger partial charge in [0.15, 0.2) is 0 Å². The molecule has 1 aliphatic rings. The number of rotatable bonds is 3. The number of hydrogen-bond donors (Lipinski definition) is 2. The smallest absolute Gasteiger partial charge is 0.125 e. The van der Waals surface area contributed by atoms with Crippen LogP contribution in [0.2, 0.25) is 0 Å². The molecule has 0 amide bonds. The highest BCUT2D eigenvalue weighted by Crippen LogP contribution is 2.21. The lowest BCUT2D eigenvalue weighted by Crippen LogP contribution is -2.20. The molecule has 0 fully saturated rings. The lowest BCUT2D eigenvalue weighted by atomic mass is 10.0. The lowest BCUT2D eigenvalue weighted by Gasteiger charge is -2.13. The van der Waals surface area contributed by atoms with Crippen LogP contribution in [-0.2, 0) is 0 Å². The van der Waals surface area contributed by atoms with E-state index < -0.39 is 6.17 Å². The average molecular weight is 277 g/mol. The second kappa shape index (κ2) is 5.94. The summed E-state index contributed by atoms with van der Waals surface area (Å²) < 4.78 is 0. The summed E-state index contributed by atoms with van der Waals surface area (Å²) in [6, 6.07) is 14.4. The first-order valence-corrected chi connectivity index (χ1v) is 7.18. The fourth-order valence-electron chi connectivity index (χ4n) is 2.52. The molecule has 0 bridgehead atoms. The molecule has 3 nitrogen and oxygen atoms in total. The van der Waals surface area contributed by atoms with E-state index in [9.17, 15) is 0 Å². The van der Waals surface area contributed by atoms with Crippen molar-refractivity contribution in [1.29, 1.82) is 0 Å². The summed E-state index contributed by atoms with van der Waals surface area (Å²) in [5.74, 6) is 0.542. The highest BCUT2D eigenvalue weighted by atomic mass is 15.0. The van der Waals surface area contributed by atoms with Gasteiger partial charge in [-0.15, -0.1) is 0 Å². The molecule has 3 rings (SSSR count). The van der Waals surface area contributed by atoms with Crippen LogP contribution in [-0.4, -0.2) is 5.84 Å². The SMILES string of the molecule is N/C(=N\C(N)c1ccc2ccccc2c1)C1=CC=CCC1. The Kier molecular flexibility index (Phi) is 3.84. The number of amidine groups is 1. The summed E-state index contributed by atoms with van der Waals surface area (Å²) in [5, 5.41) is 2.37. The van der Waals surface area contributed by atoms with E-state index in [1.165, 1.54) is 10.8 Å². The van der Waals surface area contributed by atoms with Crippen molar-refractivity contribution in [3.05, 3.63) is 71.8 Å². The van der Waals surface area contributed by atoms with Crippen LogP contribution in [0, 0.1) is 0 Å².